The van der Waals surface area contributed by atoms with E-state index in [4.69, 9.17) is 0 Å². The Bertz CT molecular complexity index is 995. The number of nitrogens with zero attached hydrogens (tertiary/aromatic N) is 4. The second-order valence-corrected chi connectivity index (χ2v) is 9.16. The second kappa shape index (κ2) is 6.34. The number of fused-ring (bicyclic) bond motifs is 8. The first-order chi connectivity index (χ1) is 13.4. The van der Waals surface area contributed by atoms with Crippen LogP contribution in [-0.2, 0) is 18.6 Å². The van der Waals surface area contributed by atoms with Gasteiger partial charge >= 0.3 is 0 Å². The molecule has 1 unspecified atom stereocenters. The number of hydrogen-bond donors (Lipinski definition) is 2. The standard InChI is InChI=1S/C19H20N6S2/c1-2-6-12(7-3-1)10-26-19-23-22-18-24(19)17-15(16-20-11-21-25(16)18)13-8-4-5-9-14(13)27-17/h1-3,6-7,16,20-21H,4-5,8-11H2. The number of thiophene rings is 1. The Kier molecular flexibility index (Phi) is 3.78. The van der Waals surface area contributed by atoms with E-state index in [1.54, 1.807) is 22.2 Å². The van der Waals surface area contributed by atoms with Crippen LogP contribution in [-0.4, -0.2) is 21.4 Å². The summed E-state index contributed by atoms with van der Waals surface area (Å²) < 4.78 is 2.27. The highest BCUT2D eigenvalue weighted by molar-refractivity contribution is 7.98. The molecule has 0 spiro atoms. The van der Waals surface area contributed by atoms with Gasteiger partial charge in [-0.2, -0.15) is 0 Å². The van der Waals surface area contributed by atoms with Crippen molar-refractivity contribution in [3.05, 3.63) is 51.9 Å². The topological polar surface area (TPSA) is 58.0 Å². The molecule has 6 nitrogen and oxygen atoms in total. The summed E-state index contributed by atoms with van der Waals surface area (Å²) in [6.45, 7) is 0.758. The van der Waals surface area contributed by atoms with Crippen molar-refractivity contribution in [3.8, 4) is 5.00 Å². The highest BCUT2D eigenvalue weighted by atomic mass is 32.2. The summed E-state index contributed by atoms with van der Waals surface area (Å²) in [6, 6.07) is 10.6. The summed E-state index contributed by atoms with van der Waals surface area (Å²) in [4.78, 5) is 1.56. The van der Waals surface area contributed by atoms with E-state index in [1.807, 2.05) is 11.3 Å². The van der Waals surface area contributed by atoms with E-state index in [-0.39, 0.29) is 6.17 Å². The fourth-order valence-corrected chi connectivity index (χ4v) is 6.63. The van der Waals surface area contributed by atoms with Gasteiger partial charge in [-0.3, -0.25) is 10.3 Å². The first kappa shape index (κ1) is 16.1. The van der Waals surface area contributed by atoms with E-state index >= 15 is 0 Å². The fourth-order valence-electron chi connectivity index (χ4n) is 4.26. The van der Waals surface area contributed by atoms with Gasteiger partial charge in [-0.25, -0.2) is 9.99 Å². The molecule has 8 heteroatoms. The predicted octanol–water partition coefficient (Wildman–Crippen LogP) is 3.38. The quantitative estimate of drug-likeness (QED) is 0.662. The number of aromatic nitrogens is 3. The molecule has 2 aromatic heterocycles. The van der Waals surface area contributed by atoms with Gasteiger partial charge in [-0.05, 0) is 36.8 Å². The third-order valence-corrected chi connectivity index (χ3v) is 7.81. The summed E-state index contributed by atoms with van der Waals surface area (Å²) in [5, 5.41) is 17.1. The summed E-state index contributed by atoms with van der Waals surface area (Å²) in [7, 11) is 0. The minimum atomic E-state index is 0.168. The Balaban J connectivity index is 1.44. The lowest BCUT2D eigenvalue weighted by Crippen LogP contribution is -2.39. The van der Waals surface area contributed by atoms with Crippen molar-refractivity contribution in [2.24, 2.45) is 0 Å². The van der Waals surface area contributed by atoms with Crippen molar-refractivity contribution in [3.63, 3.8) is 0 Å². The van der Waals surface area contributed by atoms with Crippen LogP contribution in [0.5, 0.6) is 0 Å². The molecule has 1 aliphatic carbocycles. The molecule has 1 atom stereocenters. The van der Waals surface area contributed by atoms with E-state index in [0.717, 1.165) is 23.5 Å². The molecule has 138 valence electrons. The molecule has 3 aliphatic rings. The van der Waals surface area contributed by atoms with Gasteiger partial charge in [-0.1, -0.05) is 42.1 Å². The third-order valence-electron chi connectivity index (χ3n) is 5.51. The molecule has 2 aliphatic heterocycles. The number of aryl methyl sites for hydroxylation is 1. The lowest BCUT2D eigenvalue weighted by atomic mass is 9.94. The maximum atomic E-state index is 4.55. The van der Waals surface area contributed by atoms with Crippen LogP contribution in [0.1, 0.15) is 40.6 Å². The van der Waals surface area contributed by atoms with Crippen LogP contribution < -0.4 is 15.8 Å². The average Bonchev–Trinajstić information content (AvgIpc) is 3.42. The number of hydrazine groups is 1. The first-order valence-electron chi connectivity index (χ1n) is 9.43. The molecule has 6 rings (SSSR count). The van der Waals surface area contributed by atoms with Crippen LogP contribution in [0, 0.1) is 0 Å². The highest BCUT2D eigenvalue weighted by Gasteiger charge is 2.41. The molecule has 1 fully saturated rings. The number of thioether (sulfide) groups is 1. The Morgan fingerprint density at radius 2 is 2.04 bits per heavy atom. The van der Waals surface area contributed by atoms with Crippen LogP contribution in [0.2, 0.25) is 0 Å². The van der Waals surface area contributed by atoms with Crippen molar-refractivity contribution < 1.29 is 0 Å². The number of hydrogen-bond acceptors (Lipinski definition) is 7. The Hall–Kier alpha value is -1.87. The van der Waals surface area contributed by atoms with Gasteiger partial charge in [0.15, 0.2) is 5.16 Å². The highest BCUT2D eigenvalue weighted by Crippen LogP contribution is 2.47. The Morgan fingerprint density at radius 3 is 2.96 bits per heavy atom. The van der Waals surface area contributed by atoms with Crippen molar-refractivity contribution in [1.82, 2.24) is 25.5 Å². The molecular formula is C19H20N6S2. The molecular weight excluding hydrogens is 376 g/mol. The van der Waals surface area contributed by atoms with E-state index in [1.165, 1.54) is 41.8 Å². The number of nitrogens with one attached hydrogen (secondary N) is 2. The Labute approximate surface area is 166 Å². The van der Waals surface area contributed by atoms with Gasteiger partial charge in [-0.15, -0.1) is 21.5 Å². The van der Waals surface area contributed by atoms with Crippen LogP contribution >= 0.6 is 23.1 Å². The monoisotopic (exact) mass is 396 g/mol. The Morgan fingerprint density at radius 1 is 1.15 bits per heavy atom. The molecule has 4 heterocycles. The summed E-state index contributed by atoms with van der Waals surface area (Å²) in [5.41, 5.74) is 7.74. The van der Waals surface area contributed by atoms with E-state index in [0.29, 0.717) is 0 Å². The van der Waals surface area contributed by atoms with Gasteiger partial charge in [0.25, 0.3) is 0 Å². The normalized spacial score (nSPS) is 20.1. The van der Waals surface area contributed by atoms with Gasteiger partial charge in [0, 0.05) is 16.2 Å². The zero-order chi connectivity index (χ0) is 17.8. The molecule has 0 saturated carbocycles. The van der Waals surface area contributed by atoms with E-state index < -0.39 is 0 Å². The smallest absolute Gasteiger partial charge is 0.249 e. The van der Waals surface area contributed by atoms with E-state index in [2.05, 4.69) is 60.8 Å². The maximum absolute atomic E-state index is 4.55. The van der Waals surface area contributed by atoms with Crippen molar-refractivity contribution in [2.75, 3.05) is 11.7 Å². The zero-order valence-electron chi connectivity index (χ0n) is 14.8. The first-order valence-corrected chi connectivity index (χ1v) is 11.2. The van der Waals surface area contributed by atoms with Crippen LogP contribution in [0.25, 0.3) is 5.00 Å². The summed E-state index contributed by atoms with van der Waals surface area (Å²) in [5.74, 6) is 1.79. The summed E-state index contributed by atoms with van der Waals surface area (Å²) in [6.07, 6.45) is 5.16. The third kappa shape index (κ3) is 2.47. The van der Waals surface area contributed by atoms with Crippen molar-refractivity contribution >= 4 is 29.0 Å². The minimum absolute atomic E-state index is 0.168. The van der Waals surface area contributed by atoms with Gasteiger partial charge in [0.2, 0.25) is 5.95 Å². The lowest BCUT2D eigenvalue weighted by molar-refractivity contribution is 0.579. The van der Waals surface area contributed by atoms with Gasteiger partial charge in [0.05, 0.1) is 6.67 Å². The molecule has 0 radical (unpaired) electrons. The summed E-state index contributed by atoms with van der Waals surface area (Å²) >= 11 is 3.70. The van der Waals surface area contributed by atoms with Gasteiger partial charge in [0.1, 0.15) is 11.2 Å². The average molecular weight is 397 g/mol. The van der Waals surface area contributed by atoms with Crippen molar-refractivity contribution in [1.29, 1.82) is 0 Å². The van der Waals surface area contributed by atoms with Crippen LogP contribution in [0.4, 0.5) is 5.95 Å². The maximum Gasteiger partial charge on any atom is 0.249 e. The minimum Gasteiger partial charge on any atom is -0.278 e. The molecule has 27 heavy (non-hydrogen) atoms. The molecule has 1 aromatic carbocycles. The largest absolute Gasteiger partial charge is 0.278 e. The molecule has 1 saturated heterocycles. The molecule has 0 bridgehead atoms. The van der Waals surface area contributed by atoms with Gasteiger partial charge < -0.3 is 0 Å². The SMILES string of the molecule is c1ccc(CSc2nnc3n2-c2sc4c(c2C2NCNN32)CCCC4)cc1. The second-order valence-electron chi connectivity index (χ2n) is 7.13. The molecule has 0 amide bonds. The lowest BCUT2D eigenvalue weighted by Gasteiger charge is -2.31. The van der Waals surface area contributed by atoms with Crippen LogP contribution in [0.3, 0.4) is 0 Å². The molecule has 2 N–H and O–H groups in total. The zero-order valence-corrected chi connectivity index (χ0v) is 16.4. The molecule has 3 aromatic rings. The van der Waals surface area contributed by atoms with Crippen molar-refractivity contribution in [2.45, 2.75) is 42.8 Å². The predicted molar refractivity (Wildman–Crippen MR) is 108 cm³/mol. The number of anilines is 1. The fraction of sp³-hybridized carbons (Fsp3) is 0.368. The van der Waals surface area contributed by atoms with Crippen LogP contribution in [0.15, 0.2) is 35.5 Å². The number of rotatable bonds is 3. The number of benzene rings is 1. The van der Waals surface area contributed by atoms with E-state index in [9.17, 15) is 0 Å².